The van der Waals surface area contributed by atoms with Crippen molar-refractivity contribution in [2.75, 3.05) is 41.9 Å². The lowest BCUT2D eigenvalue weighted by atomic mass is 9.89. The van der Waals surface area contributed by atoms with Crippen molar-refractivity contribution in [3.63, 3.8) is 0 Å². The number of likely N-dealkylation sites (N-methyl/N-ethyl adjacent to an activating group) is 2. The van der Waals surface area contributed by atoms with Crippen molar-refractivity contribution < 1.29 is 43.0 Å². The van der Waals surface area contributed by atoms with Gasteiger partial charge in [0.15, 0.2) is 5.78 Å². The first-order valence-electron chi connectivity index (χ1n) is 22.5. The van der Waals surface area contributed by atoms with E-state index in [0.29, 0.717) is 36.9 Å². The Morgan fingerprint density at radius 1 is 0.794 bits per heavy atom. The molecular weight excluding hydrogens is 803 g/mol. The number of carbonyl (C=O) groups is 6. The van der Waals surface area contributed by atoms with Crippen LogP contribution in [0.1, 0.15) is 120 Å². The number of methoxy groups -OCH3 is 2. The van der Waals surface area contributed by atoms with Gasteiger partial charge in [0.05, 0.1) is 54.3 Å². The van der Waals surface area contributed by atoms with Crippen LogP contribution in [0.4, 0.5) is 0 Å². The summed E-state index contributed by atoms with van der Waals surface area (Å²) in [5, 5.41) is 6.09. The van der Waals surface area contributed by atoms with Gasteiger partial charge in [-0.25, -0.2) is 4.79 Å². The minimum atomic E-state index is -0.843. The first-order valence-corrected chi connectivity index (χ1v) is 22.5. The largest absolute Gasteiger partial charge is 0.452 e. The average Bonchev–Trinajstić information content (AvgIpc) is 3.73. The Kier molecular flexibility index (Phi) is 20.4. The van der Waals surface area contributed by atoms with E-state index < -0.39 is 60.4 Å². The van der Waals surface area contributed by atoms with Crippen LogP contribution in [0.2, 0.25) is 0 Å². The molecule has 2 aromatic carbocycles. The van der Waals surface area contributed by atoms with Crippen LogP contribution in [-0.4, -0.2) is 134 Å². The molecule has 350 valence electrons. The van der Waals surface area contributed by atoms with E-state index in [9.17, 15) is 28.8 Å². The number of ketones is 1. The van der Waals surface area contributed by atoms with E-state index in [1.807, 2.05) is 90.9 Å². The van der Waals surface area contributed by atoms with E-state index >= 15 is 0 Å². The Hall–Kier alpha value is -4.66. The van der Waals surface area contributed by atoms with E-state index in [-0.39, 0.29) is 59.1 Å². The third-order valence-corrected chi connectivity index (χ3v) is 12.7. The van der Waals surface area contributed by atoms with Gasteiger partial charge < -0.3 is 34.6 Å². The van der Waals surface area contributed by atoms with Gasteiger partial charge in [0, 0.05) is 33.4 Å². The van der Waals surface area contributed by atoms with E-state index in [0.717, 1.165) is 0 Å². The number of nitrogens with one attached hydrogen (secondary N) is 2. The number of carbonyl (C=O) groups excluding carboxylic acids is 6. The highest BCUT2D eigenvalue weighted by Gasteiger charge is 2.43. The molecule has 4 amide bonds. The molecule has 14 nitrogen and oxygen atoms in total. The summed E-state index contributed by atoms with van der Waals surface area (Å²) >= 11 is 0. The first-order chi connectivity index (χ1) is 29.7. The number of hydrogen-bond donors (Lipinski definition) is 2. The Morgan fingerprint density at radius 3 is 1.90 bits per heavy atom. The Labute approximate surface area is 376 Å². The molecule has 0 bridgehead atoms. The highest BCUT2D eigenvalue weighted by Crippen LogP contribution is 2.31. The summed E-state index contributed by atoms with van der Waals surface area (Å²) in [6, 6.07) is 12.6. The lowest BCUT2D eigenvalue weighted by Gasteiger charge is -2.41. The fourth-order valence-corrected chi connectivity index (χ4v) is 8.97. The van der Waals surface area contributed by atoms with Crippen LogP contribution in [0.15, 0.2) is 54.6 Å². The van der Waals surface area contributed by atoms with Crippen LogP contribution >= 0.6 is 0 Å². The molecule has 1 heterocycles. The van der Waals surface area contributed by atoms with Crippen molar-refractivity contribution in [1.82, 2.24) is 25.3 Å². The van der Waals surface area contributed by atoms with Crippen LogP contribution < -0.4 is 10.6 Å². The molecule has 14 heteroatoms. The number of likely N-dealkylation sites (tertiary alicyclic amines) is 1. The molecule has 3 rings (SSSR count). The van der Waals surface area contributed by atoms with Crippen LogP contribution in [0, 0.1) is 23.7 Å². The molecule has 2 aromatic rings. The molecule has 1 fully saturated rings. The summed E-state index contributed by atoms with van der Waals surface area (Å²) in [5.74, 6) is -2.62. The van der Waals surface area contributed by atoms with Gasteiger partial charge in [0.25, 0.3) is 0 Å². The van der Waals surface area contributed by atoms with Crippen LogP contribution in [0.25, 0.3) is 0 Å². The third-order valence-electron chi connectivity index (χ3n) is 12.7. The van der Waals surface area contributed by atoms with Gasteiger partial charge in [-0.2, -0.15) is 0 Å². The highest BCUT2D eigenvalue weighted by molar-refractivity contribution is 5.96. The summed E-state index contributed by atoms with van der Waals surface area (Å²) in [7, 11) is 8.51. The van der Waals surface area contributed by atoms with E-state index in [1.165, 1.54) is 14.0 Å². The summed E-state index contributed by atoms with van der Waals surface area (Å²) in [6.07, 6.45) is -0.131. The number of hydrogen-bond acceptors (Lipinski definition) is 10. The van der Waals surface area contributed by atoms with Crippen LogP contribution in [-0.2, 0) is 33.4 Å². The van der Waals surface area contributed by atoms with E-state index in [1.54, 1.807) is 62.1 Å². The molecule has 1 aliphatic heterocycles. The average molecular weight is 878 g/mol. The minimum absolute atomic E-state index is 0.00989. The number of rotatable bonds is 23. The van der Waals surface area contributed by atoms with Crippen molar-refractivity contribution in [2.24, 2.45) is 23.7 Å². The molecular formula is C49H75N5O9. The third kappa shape index (κ3) is 13.7. The zero-order valence-corrected chi connectivity index (χ0v) is 40.2. The maximum absolute atomic E-state index is 14.4. The van der Waals surface area contributed by atoms with Gasteiger partial charge in [0.1, 0.15) is 12.1 Å². The first kappa shape index (κ1) is 52.7. The lowest BCUT2D eigenvalue weighted by Crippen LogP contribution is -2.59. The van der Waals surface area contributed by atoms with Gasteiger partial charge in [0.2, 0.25) is 23.6 Å². The molecule has 0 saturated carbocycles. The van der Waals surface area contributed by atoms with E-state index in [4.69, 9.17) is 14.2 Å². The molecule has 10 atom stereocenters. The zero-order valence-electron chi connectivity index (χ0n) is 40.2. The molecule has 0 aliphatic carbocycles. The molecule has 1 aliphatic rings. The molecule has 0 radical (unpaired) electrons. The SMILES string of the molecule is CCC(C)C(C(CC(=O)N1CCC[C@H]1C(OC)C(C)C(=O)NC(C)C(OC(=O)c1ccc(C(C)=O)cc1)c1ccccc1)OC)N(C)C(=O)C(NC(=O)C(C(C)C)N(C)C)C(C)C. The topological polar surface area (TPSA) is 164 Å². The maximum Gasteiger partial charge on any atom is 0.338 e. The smallest absolute Gasteiger partial charge is 0.338 e. The van der Waals surface area contributed by atoms with E-state index in [2.05, 4.69) is 10.6 Å². The standard InChI is InChI=1S/C49H75N5O9/c1-15-31(6)43(53(12)48(59)41(29(2)3)51-47(58)42(30(4)5)52(10)11)39(61-13)28-40(56)54-27-19-22-38(54)44(62-14)32(7)46(57)50-33(8)45(36-20-17-16-18-21-36)63-49(60)37-25-23-35(24-26-37)34(9)55/h16-18,20-21,23-26,29-33,38-39,41-45H,15,19,22,27-28H2,1-14H3,(H,50,57)(H,51,58)/t31?,32?,33?,38-,39?,41?,42?,43?,44?,45?/m0/s1. The maximum atomic E-state index is 14.4. The minimum Gasteiger partial charge on any atom is -0.452 e. The molecule has 0 aromatic heterocycles. The van der Waals surface area contributed by atoms with Crippen molar-refractivity contribution in [2.45, 2.75) is 137 Å². The molecule has 2 N–H and O–H groups in total. The summed E-state index contributed by atoms with van der Waals surface area (Å²) in [5.41, 5.74) is 1.43. The number of esters is 1. The fourth-order valence-electron chi connectivity index (χ4n) is 8.97. The van der Waals surface area contributed by atoms with Crippen molar-refractivity contribution in [3.05, 3.63) is 71.3 Å². The zero-order chi connectivity index (χ0) is 47.3. The van der Waals surface area contributed by atoms with Crippen molar-refractivity contribution in [1.29, 1.82) is 0 Å². The number of amides is 4. The Balaban J connectivity index is 1.80. The van der Waals surface area contributed by atoms with Crippen molar-refractivity contribution >= 4 is 35.4 Å². The van der Waals surface area contributed by atoms with Crippen LogP contribution in [0.3, 0.4) is 0 Å². The van der Waals surface area contributed by atoms with Crippen LogP contribution in [0.5, 0.6) is 0 Å². The Morgan fingerprint density at radius 2 is 1.40 bits per heavy atom. The fraction of sp³-hybridized carbons (Fsp3) is 0.633. The number of benzene rings is 2. The second-order valence-corrected chi connectivity index (χ2v) is 18.1. The number of ether oxygens (including phenoxy) is 3. The van der Waals surface area contributed by atoms with Gasteiger partial charge in [-0.15, -0.1) is 0 Å². The molecule has 9 unspecified atom stereocenters. The summed E-state index contributed by atoms with van der Waals surface area (Å²) in [4.78, 5) is 86.7. The Bertz CT molecular complexity index is 1810. The number of nitrogens with zero attached hydrogens (tertiary/aromatic N) is 3. The molecule has 0 spiro atoms. The van der Waals surface area contributed by atoms with Gasteiger partial charge in [-0.3, -0.25) is 28.9 Å². The molecule has 1 saturated heterocycles. The second-order valence-electron chi connectivity index (χ2n) is 18.1. The molecule has 63 heavy (non-hydrogen) atoms. The van der Waals surface area contributed by atoms with Gasteiger partial charge in [-0.1, -0.05) is 97.4 Å². The van der Waals surface area contributed by atoms with Gasteiger partial charge >= 0.3 is 5.97 Å². The predicted octanol–water partition coefficient (Wildman–Crippen LogP) is 5.94. The van der Waals surface area contributed by atoms with Gasteiger partial charge in [-0.05, 0) is 76.2 Å². The van der Waals surface area contributed by atoms with Crippen molar-refractivity contribution in [3.8, 4) is 0 Å². The quantitative estimate of drug-likeness (QED) is 0.101. The lowest BCUT2D eigenvalue weighted by molar-refractivity contribution is -0.148. The second kappa shape index (κ2) is 24.4. The number of Topliss-reactive ketones (excluding diaryl/α,β-unsaturated/α-hetero) is 1. The normalized spacial score (nSPS) is 18.4. The monoisotopic (exact) mass is 878 g/mol. The predicted molar refractivity (Wildman–Crippen MR) is 244 cm³/mol. The highest BCUT2D eigenvalue weighted by atomic mass is 16.5. The summed E-state index contributed by atoms with van der Waals surface area (Å²) in [6.45, 7) is 17.3. The summed E-state index contributed by atoms with van der Waals surface area (Å²) < 4.78 is 18.1.